The van der Waals surface area contributed by atoms with Crippen LogP contribution < -0.4 is 5.32 Å². The lowest BCUT2D eigenvalue weighted by atomic mass is 10.2. The van der Waals surface area contributed by atoms with Crippen molar-refractivity contribution in [1.82, 2.24) is 4.90 Å². The van der Waals surface area contributed by atoms with Crippen LogP contribution in [-0.4, -0.2) is 49.9 Å². The summed E-state index contributed by atoms with van der Waals surface area (Å²) in [5.74, 6) is 0.162. The number of rotatable bonds is 4. The quantitative estimate of drug-likeness (QED) is 0.751. The minimum Gasteiger partial charge on any atom is -0.374 e. The summed E-state index contributed by atoms with van der Waals surface area (Å²) in [4.78, 5) is 14.0. The SMILES string of the molecule is CC(Nc1cccc(I)c1)C(=O)N(C)C1CCS(=O)(=O)C1. The van der Waals surface area contributed by atoms with Gasteiger partial charge in [0.15, 0.2) is 9.84 Å². The Hall–Kier alpha value is -0.830. The molecule has 1 N–H and O–H groups in total. The Labute approximate surface area is 139 Å². The van der Waals surface area contributed by atoms with E-state index in [1.54, 1.807) is 18.9 Å². The Morgan fingerprint density at radius 1 is 1.48 bits per heavy atom. The van der Waals surface area contributed by atoms with Crippen molar-refractivity contribution in [3.05, 3.63) is 27.8 Å². The van der Waals surface area contributed by atoms with Crippen molar-refractivity contribution < 1.29 is 13.2 Å². The molecule has 0 radical (unpaired) electrons. The van der Waals surface area contributed by atoms with Gasteiger partial charge in [-0.2, -0.15) is 0 Å². The molecule has 1 aromatic carbocycles. The first-order valence-electron chi connectivity index (χ1n) is 6.78. The largest absolute Gasteiger partial charge is 0.374 e. The average Bonchev–Trinajstić information content (AvgIpc) is 2.77. The van der Waals surface area contributed by atoms with Crippen molar-refractivity contribution in [2.24, 2.45) is 0 Å². The maximum atomic E-state index is 12.4. The lowest BCUT2D eigenvalue weighted by molar-refractivity contribution is -0.132. The number of nitrogens with one attached hydrogen (secondary N) is 1. The van der Waals surface area contributed by atoms with E-state index in [1.165, 1.54) is 0 Å². The van der Waals surface area contributed by atoms with Crippen molar-refractivity contribution in [2.45, 2.75) is 25.4 Å². The Balaban J connectivity index is 1.99. The van der Waals surface area contributed by atoms with Crippen LogP contribution in [0.1, 0.15) is 13.3 Å². The van der Waals surface area contributed by atoms with Gasteiger partial charge in [0.05, 0.1) is 11.5 Å². The van der Waals surface area contributed by atoms with Crippen molar-refractivity contribution >= 4 is 44.0 Å². The molecule has 0 saturated carbocycles. The van der Waals surface area contributed by atoms with Gasteiger partial charge in [0, 0.05) is 22.3 Å². The molecule has 0 aliphatic carbocycles. The molecule has 0 spiro atoms. The second-order valence-corrected chi connectivity index (χ2v) is 8.86. The molecule has 0 aromatic heterocycles. The molecule has 5 nitrogen and oxygen atoms in total. The van der Waals surface area contributed by atoms with Gasteiger partial charge in [0.2, 0.25) is 5.91 Å². The fourth-order valence-corrected chi connectivity index (χ4v) is 4.77. The van der Waals surface area contributed by atoms with E-state index < -0.39 is 15.9 Å². The summed E-state index contributed by atoms with van der Waals surface area (Å²) < 4.78 is 24.1. The number of amides is 1. The average molecular weight is 422 g/mol. The molecule has 2 rings (SSSR count). The summed E-state index contributed by atoms with van der Waals surface area (Å²) in [7, 11) is -1.30. The van der Waals surface area contributed by atoms with Gasteiger partial charge in [-0.3, -0.25) is 4.79 Å². The van der Waals surface area contributed by atoms with Gasteiger partial charge in [-0.15, -0.1) is 0 Å². The number of hydrogen-bond acceptors (Lipinski definition) is 4. The van der Waals surface area contributed by atoms with E-state index in [0.717, 1.165) is 9.26 Å². The summed E-state index contributed by atoms with van der Waals surface area (Å²) in [5.41, 5.74) is 0.884. The normalized spacial score (nSPS) is 21.8. The Morgan fingerprint density at radius 2 is 2.19 bits per heavy atom. The van der Waals surface area contributed by atoms with Crippen LogP contribution in [0.4, 0.5) is 5.69 Å². The fraction of sp³-hybridized carbons (Fsp3) is 0.500. The molecule has 7 heteroatoms. The lowest BCUT2D eigenvalue weighted by Gasteiger charge is -2.27. The summed E-state index contributed by atoms with van der Waals surface area (Å²) in [6.07, 6.45) is 0.528. The zero-order valence-electron chi connectivity index (χ0n) is 12.0. The van der Waals surface area contributed by atoms with Crippen molar-refractivity contribution in [3.63, 3.8) is 0 Å². The molecular formula is C14H19IN2O3S. The number of likely N-dealkylation sites (N-methyl/N-ethyl adjacent to an activating group) is 1. The third-order valence-corrected chi connectivity index (χ3v) is 6.10. The molecule has 1 saturated heterocycles. The molecular weight excluding hydrogens is 403 g/mol. The summed E-state index contributed by atoms with van der Waals surface area (Å²) in [5, 5.41) is 3.16. The molecule has 1 aliphatic heterocycles. The van der Waals surface area contributed by atoms with Crippen LogP contribution >= 0.6 is 22.6 Å². The molecule has 0 bridgehead atoms. The monoisotopic (exact) mass is 422 g/mol. The summed E-state index contributed by atoms with van der Waals surface area (Å²) in [6, 6.07) is 7.18. The van der Waals surface area contributed by atoms with E-state index in [9.17, 15) is 13.2 Å². The topological polar surface area (TPSA) is 66.5 Å². The third kappa shape index (κ3) is 4.32. The third-order valence-electron chi connectivity index (χ3n) is 3.68. The fourth-order valence-electron chi connectivity index (χ4n) is 2.46. The van der Waals surface area contributed by atoms with Crippen LogP contribution in [0.2, 0.25) is 0 Å². The number of nitrogens with zero attached hydrogens (tertiary/aromatic N) is 1. The number of halogens is 1. The van der Waals surface area contributed by atoms with Gasteiger partial charge in [0.1, 0.15) is 6.04 Å². The minimum atomic E-state index is -2.98. The molecule has 2 atom stereocenters. The Bertz CT molecular complexity index is 633. The van der Waals surface area contributed by atoms with Crippen LogP contribution in [0.3, 0.4) is 0 Å². The highest BCUT2D eigenvalue weighted by Gasteiger charge is 2.33. The Morgan fingerprint density at radius 3 is 2.76 bits per heavy atom. The molecule has 21 heavy (non-hydrogen) atoms. The smallest absolute Gasteiger partial charge is 0.244 e. The van der Waals surface area contributed by atoms with Crippen molar-refractivity contribution in [1.29, 1.82) is 0 Å². The maximum absolute atomic E-state index is 12.4. The van der Waals surface area contributed by atoms with Gasteiger partial charge >= 0.3 is 0 Å². The Kier molecular flexibility index (Phi) is 5.13. The first kappa shape index (κ1) is 16.5. The van der Waals surface area contributed by atoms with Gasteiger partial charge in [0.25, 0.3) is 0 Å². The zero-order chi connectivity index (χ0) is 15.6. The molecule has 116 valence electrons. The van der Waals surface area contributed by atoms with Crippen LogP contribution in [0.5, 0.6) is 0 Å². The highest BCUT2D eigenvalue weighted by molar-refractivity contribution is 14.1. The number of sulfone groups is 1. The van der Waals surface area contributed by atoms with E-state index in [2.05, 4.69) is 27.9 Å². The highest BCUT2D eigenvalue weighted by Crippen LogP contribution is 2.18. The van der Waals surface area contributed by atoms with Crippen LogP contribution in [0.25, 0.3) is 0 Å². The van der Waals surface area contributed by atoms with Gasteiger partial charge in [-0.05, 0) is 54.1 Å². The lowest BCUT2D eigenvalue weighted by Crippen LogP contribution is -2.45. The molecule has 1 heterocycles. The van der Waals surface area contributed by atoms with Crippen molar-refractivity contribution in [3.8, 4) is 0 Å². The predicted molar refractivity (Wildman–Crippen MR) is 92.1 cm³/mol. The first-order valence-corrected chi connectivity index (χ1v) is 9.68. The predicted octanol–water partition coefficient (Wildman–Crippen LogP) is 1.74. The standard InChI is InChI=1S/C14H19IN2O3S/c1-10(16-12-5-3-4-11(15)8-12)14(18)17(2)13-6-7-21(19,20)9-13/h3-5,8,10,13,16H,6-7,9H2,1-2H3. The second kappa shape index (κ2) is 6.51. The van der Waals surface area contributed by atoms with Crippen LogP contribution in [0, 0.1) is 3.57 Å². The van der Waals surface area contributed by atoms with Crippen molar-refractivity contribution in [2.75, 3.05) is 23.9 Å². The number of hydrogen-bond donors (Lipinski definition) is 1. The maximum Gasteiger partial charge on any atom is 0.244 e. The van der Waals surface area contributed by atoms with Gasteiger partial charge in [-0.1, -0.05) is 6.07 Å². The van der Waals surface area contributed by atoms with E-state index >= 15 is 0 Å². The van der Waals surface area contributed by atoms with E-state index in [1.807, 2.05) is 24.3 Å². The number of anilines is 1. The van der Waals surface area contributed by atoms with Gasteiger partial charge < -0.3 is 10.2 Å². The second-order valence-electron chi connectivity index (χ2n) is 5.38. The summed E-state index contributed by atoms with van der Waals surface area (Å²) >= 11 is 2.22. The van der Waals surface area contributed by atoms with E-state index in [4.69, 9.17) is 0 Å². The van der Waals surface area contributed by atoms with Crippen LogP contribution in [-0.2, 0) is 14.6 Å². The molecule has 1 amide bonds. The summed E-state index contributed by atoms with van der Waals surface area (Å²) in [6.45, 7) is 1.79. The zero-order valence-corrected chi connectivity index (χ0v) is 15.0. The van der Waals surface area contributed by atoms with E-state index in [-0.39, 0.29) is 23.5 Å². The first-order chi connectivity index (χ1) is 9.78. The highest BCUT2D eigenvalue weighted by atomic mass is 127. The number of carbonyl (C=O) groups excluding carboxylic acids is 1. The molecule has 1 aromatic rings. The molecule has 1 aliphatic rings. The molecule has 1 fully saturated rings. The van der Waals surface area contributed by atoms with E-state index in [0.29, 0.717) is 6.42 Å². The van der Waals surface area contributed by atoms with Gasteiger partial charge in [-0.25, -0.2) is 8.42 Å². The molecule has 2 unspecified atom stereocenters. The number of benzene rings is 1. The minimum absolute atomic E-state index is 0.0746. The van der Waals surface area contributed by atoms with Crippen LogP contribution in [0.15, 0.2) is 24.3 Å². The number of carbonyl (C=O) groups is 1.